The number of hydrogen-bond donors (Lipinski definition) is 2. The van der Waals surface area contributed by atoms with Gasteiger partial charge in [0.05, 0.1) is 17.6 Å². The Kier molecular flexibility index (Phi) is 2.07. The Morgan fingerprint density at radius 1 is 1.56 bits per heavy atom. The molecule has 0 radical (unpaired) electrons. The van der Waals surface area contributed by atoms with Gasteiger partial charge in [-0.15, -0.1) is 0 Å². The predicted molar refractivity (Wildman–Crippen MR) is 61.0 cm³/mol. The maximum Gasteiger partial charge on any atom is 0.110 e. The van der Waals surface area contributed by atoms with Crippen molar-refractivity contribution in [3.8, 4) is 11.3 Å². The second-order valence-corrected chi connectivity index (χ2v) is 4.17. The summed E-state index contributed by atoms with van der Waals surface area (Å²) in [4.78, 5) is 4.45. The molecule has 0 bridgehead atoms. The van der Waals surface area contributed by atoms with E-state index in [1.54, 1.807) is 0 Å². The van der Waals surface area contributed by atoms with Gasteiger partial charge in [0, 0.05) is 30.6 Å². The Balaban J connectivity index is 2.14. The predicted octanol–water partition coefficient (Wildman–Crippen LogP) is 0.639. The van der Waals surface area contributed by atoms with Crippen LogP contribution in [-0.4, -0.2) is 26.3 Å². The van der Waals surface area contributed by atoms with Crippen LogP contribution in [0.2, 0.25) is 0 Å². The zero-order chi connectivity index (χ0) is 11.1. The highest BCUT2D eigenvalue weighted by Gasteiger charge is 2.22. The molecule has 3 N–H and O–H groups in total. The maximum absolute atomic E-state index is 5.59. The molecule has 0 saturated carbocycles. The van der Waals surface area contributed by atoms with Gasteiger partial charge in [-0.05, 0) is 13.5 Å². The van der Waals surface area contributed by atoms with Crippen LogP contribution in [0.25, 0.3) is 11.3 Å². The summed E-state index contributed by atoms with van der Waals surface area (Å²) in [6.07, 6.45) is 3.75. The van der Waals surface area contributed by atoms with Crippen molar-refractivity contribution in [2.24, 2.45) is 5.73 Å². The van der Waals surface area contributed by atoms with Crippen LogP contribution in [0.3, 0.4) is 0 Å². The lowest BCUT2D eigenvalue weighted by Gasteiger charge is -2.16. The number of nitrogens with two attached hydrogens (primary N) is 1. The van der Waals surface area contributed by atoms with E-state index in [9.17, 15) is 0 Å². The molecule has 0 unspecified atom stereocenters. The highest BCUT2D eigenvalue weighted by Crippen LogP contribution is 2.31. The van der Waals surface area contributed by atoms with Gasteiger partial charge in [0.1, 0.15) is 5.82 Å². The average Bonchev–Trinajstić information content (AvgIpc) is 2.84. The summed E-state index contributed by atoms with van der Waals surface area (Å²) in [5.74, 6) is 1.09. The van der Waals surface area contributed by atoms with Crippen molar-refractivity contribution in [3.63, 3.8) is 0 Å². The van der Waals surface area contributed by atoms with Crippen molar-refractivity contribution >= 4 is 0 Å². The van der Waals surface area contributed by atoms with Gasteiger partial charge in [-0.3, -0.25) is 5.10 Å². The molecule has 5 nitrogen and oxygen atoms in total. The number of fused-ring (bicyclic) bond motifs is 3. The third-order valence-electron chi connectivity index (χ3n) is 3.16. The van der Waals surface area contributed by atoms with E-state index in [0.29, 0.717) is 6.54 Å². The number of hydrogen-bond acceptors (Lipinski definition) is 3. The lowest BCUT2D eigenvalue weighted by molar-refractivity contribution is 0.632. The van der Waals surface area contributed by atoms with Gasteiger partial charge in [0.15, 0.2) is 0 Å². The van der Waals surface area contributed by atoms with Crippen LogP contribution in [0.15, 0.2) is 6.20 Å². The molecule has 16 heavy (non-hydrogen) atoms. The van der Waals surface area contributed by atoms with E-state index in [1.807, 2.05) is 6.20 Å². The van der Waals surface area contributed by atoms with E-state index >= 15 is 0 Å². The first-order valence-corrected chi connectivity index (χ1v) is 5.60. The van der Waals surface area contributed by atoms with Gasteiger partial charge in [-0.1, -0.05) is 0 Å². The fourth-order valence-electron chi connectivity index (χ4n) is 2.41. The average molecular weight is 217 g/mol. The van der Waals surface area contributed by atoms with Gasteiger partial charge in [-0.25, -0.2) is 4.98 Å². The van der Waals surface area contributed by atoms with E-state index in [4.69, 9.17) is 5.73 Å². The Labute approximate surface area is 93.7 Å². The fraction of sp³-hybridized carbons (Fsp3) is 0.455. The molecular weight excluding hydrogens is 202 g/mol. The summed E-state index contributed by atoms with van der Waals surface area (Å²) < 4.78 is 2.26. The number of aryl methyl sites for hydroxylation is 2. The number of nitrogens with one attached hydrogen (secondary N) is 1. The lowest BCUT2D eigenvalue weighted by Crippen LogP contribution is -2.15. The molecule has 5 heteroatoms. The summed E-state index contributed by atoms with van der Waals surface area (Å²) in [7, 11) is 0. The van der Waals surface area contributed by atoms with Gasteiger partial charge < -0.3 is 10.3 Å². The fourth-order valence-corrected chi connectivity index (χ4v) is 2.41. The third kappa shape index (κ3) is 1.21. The van der Waals surface area contributed by atoms with Crippen molar-refractivity contribution in [3.05, 3.63) is 23.4 Å². The molecule has 2 aromatic rings. The van der Waals surface area contributed by atoms with E-state index < -0.39 is 0 Å². The molecular formula is C11H15N5. The second-order valence-electron chi connectivity index (χ2n) is 4.17. The summed E-state index contributed by atoms with van der Waals surface area (Å²) in [6.45, 7) is 3.66. The zero-order valence-electron chi connectivity index (χ0n) is 9.32. The van der Waals surface area contributed by atoms with Crippen molar-refractivity contribution in [2.45, 2.75) is 26.3 Å². The summed E-state index contributed by atoms with van der Waals surface area (Å²) in [5.41, 5.74) is 10.3. The van der Waals surface area contributed by atoms with Crippen molar-refractivity contribution in [1.82, 2.24) is 19.7 Å². The van der Waals surface area contributed by atoms with E-state index in [2.05, 4.69) is 26.7 Å². The topological polar surface area (TPSA) is 72.5 Å². The Morgan fingerprint density at radius 3 is 3.25 bits per heavy atom. The second kappa shape index (κ2) is 3.45. The van der Waals surface area contributed by atoms with Crippen LogP contribution in [0.1, 0.15) is 17.2 Å². The molecule has 0 amide bonds. The SMILES string of the molecule is Cc1[nH]nc2c1-c1cnc(CCN)n1CC2. The van der Waals surface area contributed by atoms with Crippen LogP contribution in [0, 0.1) is 6.92 Å². The van der Waals surface area contributed by atoms with Crippen molar-refractivity contribution in [2.75, 3.05) is 6.54 Å². The number of nitrogens with zero attached hydrogens (tertiary/aromatic N) is 3. The Bertz CT molecular complexity index is 522. The molecule has 2 aromatic heterocycles. The third-order valence-corrected chi connectivity index (χ3v) is 3.16. The number of H-pyrrole nitrogens is 1. The van der Waals surface area contributed by atoms with Crippen molar-refractivity contribution < 1.29 is 0 Å². The van der Waals surface area contributed by atoms with Gasteiger partial charge >= 0.3 is 0 Å². The van der Waals surface area contributed by atoms with Crippen LogP contribution in [0.4, 0.5) is 0 Å². The molecule has 0 aliphatic carbocycles. The van der Waals surface area contributed by atoms with E-state index in [-0.39, 0.29) is 0 Å². The lowest BCUT2D eigenvalue weighted by atomic mass is 10.0. The van der Waals surface area contributed by atoms with E-state index in [0.717, 1.165) is 36.6 Å². The first-order chi connectivity index (χ1) is 7.81. The molecule has 1 aliphatic heterocycles. The van der Waals surface area contributed by atoms with Gasteiger partial charge in [0.25, 0.3) is 0 Å². The minimum Gasteiger partial charge on any atom is -0.330 e. The molecule has 3 heterocycles. The molecule has 3 rings (SSSR count). The number of rotatable bonds is 2. The summed E-state index contributed by atoms with van der Waals surface area (Å²) in [6, 6.07) is 0. The monoisotopic (exact) mass is 217 g/mol. The smallest absolute Gasteiger partial charge is 0.110 e. The normalized spacial score (nSPS) is 13.6. The quantitative estimate of drug-likeness (QED) is 0.775. The molecule has 1 aliphatic rings. The summed E-state index contributed by atoms with van der Waals surface area (Å²) in [5, 5.41) is 7.37. The number of imidazole rings is 1. The Morgan fingerprint density at radius 2 is 2.44 bits per heavy atom. The minimum absolute atomic E-state index is 0.647. The van der Waals surface area contributed by atoms with Crippen LogP contribution in [0.5, 0.6) is 0 Å². The molecule has 0 aromatic carbocycles. The standard InChI is InChI=1S/C11H15N5/c1-7-11-8(15-14-7)3-5-16-9(11)6-13-10(16)2-4-12/h6H,2-5,12H2,1H3,(H,14,15). The molecule has 0 fully saturated rings. The molecule has 0 spiro atoms. The molecule has 0 atom stereocenters. The van der Waals surface area contributed by atoms with Gasteiger partial charge in [0.2, 0.25) is 0 Å². The van der Waals surface area contributed by atoms with Gasteiger partial charge in [-0.2, -0.15) is 5.10 Å². The van der Waals surface area contributed by atoms with E-state index in [1.165, 1.54) is 11.3 Å². The molecule has 84 valence electrons. The first-order valence-electron chi connectivity index (χ1n) is 5.60. The highest BCUT2D eigenvalue weighted by atomic mass is 15.2. The number of aromatic nitrogens is 4. The number of aromatic amines is 1. The Hall–Kier alpha value is -1.62. The first kappa shape index (κ1) is 9.59. The van der Waals surface area contributed by atoms with Crippen LogP contribution >= 0.6 is 0 Å². The summed E-state index contributed by atoms with van der Waals surface area (Å²) >= 11 is 0. The van der Waals surface area contributed by atoms with Crippen molar-refractivity contribution in [1.29, 1.82) is 0 Å². The minimum atomic E-state index is 0.647. The zero-order valence-corrected chi connectivity index (χ0v) is 9.32. The highest BCUT2D eigenvalue weighted by molar-refractivity contribution is 5.66. The maximum atomic E-state index is 5.59. The molecule has 0 saturated heterocycles. The van der Waals surface area contributed by atoms with Crippen LogP contribution in [-0.2, 0) is 19.4 Å². The van der Waals surface area contributed by atoms with Crippen LogP contribution < -0.4 is 5.73 Å². The largest absolute Gasteiger partial charge is 0.330 e.